The molecular formula is C10H11BrN2O2S. The second-order valence-corrected chi connectivity index (χ2v) is 5.33. The molecule has 0 saturated heterocycles. The summed E-state index contributed by atoms with van der Waals surface area (Å²) in [7, 11) is 3.20. The molecule has 0 aliphatic carbocycles. The van der Waals surface area contributed by atoms with E-state index in [2.05, 4.69) is 21.1 Å². The number of rotatable bonds is 4. The zero-order chi connectivity index (χ0) is 12.1. The Labute approximate surface area is 106 Å². The van der Waals surface area contributed by atoms with E-state index in [1.54, 1.807) is 14.1 Å². The van der Waals surface area contributed by atoms with Gasteiger partial charge in [0.15, 0.2) is 0 Å². The monoisotopic (exact) mass is 302 g/mol. The lowest BCUT2D eigenvalue weighted by atomic mass is 10.4. The number of carbonyl (C=O) groups excluding carboxylic acids is 1. The summed E-state index contributed by atoms with van der Waals surface area (Å²) in [6.07, 6.45) is 0. The van der Waals surface area contributed by atoms with E-state index >= 15 is 0 Å². The highest BCUT2D eigenvalue weighted by Crippen LogP contribution is 2.26. The van der Waals surface area contributed by atoms with Crippen LogP contribution < -0.4 is 0 Å². The summed E-state index contributed by atoms with van der Waals surface area (Å²) in [5, 5.41) is 1.92. The molecule has 0 bridgehead atoms. The highest BCUT2D eigenvalue weighted by atomic mass is 79.9. The molecule has 0 saturated carbocycles. The lowest BCUT2D eigenvalue weighted by Gasteiger charge is -2.14. The quantitative estimate of drug-likeness (QED) is 0.635. The lowest BCUT2D eigenvalue weighted by Crippen LogP contribution is -2.30. The fourth-order valence-electron chi connectivity index (χ4n) is 0.980. The SMILES string of the molecule is CN(C)C(=O)C(N=O)Sc1ccc(Br)cc1. The average Bonchev–Trinajstić information content (AvgIpc) is 2.27. The van der Waals surface area contributed by atoms with Crippen molar-refractivity contribution in [2.45, 2.75) is 10.3 Å². The normalized spacial score (nSPS) is 11.9. The zero-order valence-corrected chi connectivity index (χ0v) is 11.3. The minimum Gasteiger partial charge on any atom is -0.346 e. The minimum absolute atomic E-state index is 0.303. The summed E-state index contributed by atoms with van der Waals surface area (Å²) in [6.45, 7) is 0. The van der Waals surface area contributed by atoms with Gasteiger partial charge in [-0.05, 0) is 29.4 Å². The number of thioether (sulfide) groups is 1. The standard InChI is InChI=1S/C10H11BrN2O2S/c1-13(2)10(14)9(12-15)16-8-5-3-7(11)4-6-8/h3-6,9H,1-2H3. The van der Waals surface area contributed by atoms with Crippen LogP contribution in [0.3, 0.4) is 0 Å². The van der Waals surface area contributed by atoms with Crippen LogP contribution in [0.25, 0.3) is 0 Å². The molecule has 16 heavy (non-hydrogen) atoms. The number of likely N-dealkylation sites (N-methyl/N-ethyl adjacent to an activating group) is 1. The Bertz CT molecular complexity index is 381. The second-order valence-electron chi connectivity index (χ2n) is 3.26. The molecule has 0 heterocycles. The third kappa shape index (κ3) is 3.61. The average molecular weight is 303 g/mol. The summed E-state index contributed by atoms with van der Waals surface area (Å²) in [6, 6.07) is 7.36. The van der Waals surface area contributed by atoms with Gasteiger partial charge in [0.2, 0.25) is 5.37 Å². The van der Waals surface area contributed by atoms with Crippen LogP contribution in [0.1, 0.15) is 0 Å². The molecule has 1 aromatic carbocycles. The highest BCUT2D eigenvalue weighted by molar-refractivity contribution is 9.10. The topological polar surface area (TPSA) is 49.7 Å². The molecule has 4 nitrogen and oxygen atoms in total. The number of hydrogen-bond acceptors (Lipinski definition) is 4. The largest absolute Gasteiger partial charge is 0.346 e. The van der Waals surface area contributed by atoms with E-state index in [-0.39, 0.29) is 5.91 Å². The third-order valence-corrected chi connectivity index (χ3v) is 3.39. The molecule has 0 aromatic heterocycles. The van der Waals surface area contributed by atoms with E-state index in [1.807, 2.05) is 24.3 Å². The maximum atomic E-state index is 11.5. The van der Waals surface area contributed by atoms with Crippen molar-refractivity contribution in [1.29, 1.82) is 0 Å². The number of benzene rings is 1. The van der Waals surface area contributed by atoms with Gasteiger partial charge in [-0.15, -0.1) is 4.91 Å². The number of hydrogen-bond donors (Lipinski definition) is 0. The maximum Gasteiger partial charge on any atom is 0.261 e. The Kier molecular flexibility index (Phi) is 4.95. The van der Waals surface area contributed by atoms with Crippen LogP contribution in [-0.4, -0.2) is 30.3 Å². The van der Waals surface area contributed by atoms with Gasteiger partial charge in [-0.1, -0.05) is 27.7 Å². The molecule has 86 valence electrons. The molecule has 0 spiro atoms. The van der Waals surface area contributed by atoms with E-state index in [0.717, 1.165) is 21.1 Å². The summed E-state index contributed by atoms with van der Waals surface area (Å²) < 4.78 is 0.950. The number of nitroso groups, excluding NO2 is 1. The maximum absolute atomic E-state index is 11.5. The first kappa shape index (κ1) is 13.2. The van der Waals surface area contributed by atoms with Gasteiger partial charge in [0.25, 0.3) is 5.91 Å². The van der Waals surface area contributed by atoms with Gasteiger partial charge in [-0.2, -0.15) is 0 Å². The first-order valence-corrected chi connectivity index (χ1v) is 6.17. The number of amides is 1. The molecule has 1 atom stereocenters. The van der Waals surface area contributed by atoms with Crippen molar-refractivity contribution in [1.82, 2.24) is 4.90 Å². The molecule has 1 rings (SSSR count). The summed E-state index contributed by atoms with van der Waals surface area (Å²) in [5.74, 6) is -0.303. The van der Waals surface area contributed by atoms with E-state index < -0.39 is 5.37 Å². The van der Waals surface area contributed by atoms with Gasteiger partial charge in [-0.3, -0.25) is 4.79 Å². The van der Waals surface area contributed by atoms with Crippen molar-refractivity contribution in [2.75, 3.05) is 14.1 Å². The Balaban J connectivity index is 2.74. The van der Waals surface area contributed by atoms with Gasteiger partial charge < -0.3 is 4.90 Å². The van der Waals surface area contributed by atoms with Gasteiger partial charge in [-0.25, -0.2) is 0 Å². The van der Waals surface area contributed by atoms with Gasteiger partial charge in [0, 0.05) is 23.5 Å². The fraction of sp³-hybridized carbons (Fsp3) is 0.300. The molecule has 0 fully saturated rings. The van der Waals surface area contributed by atoms with Gasteiger partial charge in [0.1, 0.15) is 0 Å². The fourth-order valence-corrected chi connectivity index (χ4v) is 2.15. The van der Waals surface area contributed by atoms with Crippen molar-refractivity contribution in [2.24, 2.45) is 5.18 Å². The molecule has 1 unspecified atom stereocenters. The Hall–Kier alpha value is -0.880. The molecule has 0 N–H and O–H groups in total. The molecule has 0 radical (unpaired) electrons. The van der Waals surface area contributed by atoms with Crippen molar-refractivity contribution < 1.29 is 4.79 Å². The summed E-state index contributed by atoms with van der Waals surface area (Å²) in [5.41, 5.74) is 0. The highest BCUT2D eigenvalue weighted by Gasteiger charge is 2.22. The molecular weight excluding hydrogens is 292 g/mol. The first-order chi connectivity index (χ1) is 7.54. The van der Waals surface area contributed by atoms with Crippen LogP contribution in [-0.2, 0) is 4.79 Å². The summed E-state index contributed by atoms with van der Waals surface area (Å²) in [4.78, 5) is 24.3. The Morgan fingerprint density at radius 2 is 1.94 bits per heavy atom. The Morgan fingerprint density at radius 1 is 1.38 bits per heavy atom. The van der Waals surface area contributed by atoms with Crippen LogP contribution in [0.5, 0.6) is 0 Å². The predicted molar refractivity (Wildman–Crippen MR) is 68.3 cm³/mol. The smallest absolute Gasteiger partial charge is 0.261 e. The first-order valence-electron chi connectivity index (χ1n) is 4.50. The van der Waals surface area contributed by atoms with Crippen molar-refractivity contribution in [3.63, 3.8) is 0 Å². The van der Waals surface area contributed by atoms with Crippen molar-refractivity contribution >= 4 is 33.6 Å². The zero-order valence-electron chi connectivity index (χ0n) is 8.88. The van der Waals surface area contributed by atoms with E-state index in [4.69, 9.17) is 0 Å². The second kappa shape index (κ2) is 6.00. The molecule has 0 aliphatic heterocycles. The van der Waals surface area contributed by atoms with Crippen molar-refractivity contribution in [3.8, 4) is 0 Å². The molecule has 6 heteroatoms. The van der Waals surface area contributed by atoms with Gasteiger partial charge >= 0.3 is 0 Å². The minimum atomic E-state index is -0.920. The van der Waals surface area contributed by atoms with Crippen LogP contribution in [0.4, 0.5) is 0 Å². The van der Waals surface area contributed by atoms with E-state index in [0.29, 0.717) is 0 Å². The van der Waals surface area contributed by atoms with Crippen LogP contribution in [0.15, 0.2) is 38.8 Å². The van der Waals surface area contributed by atoms with E-state index in [1.165, 1.54) is 4.90 Å². The summed E-state index contributed by atoms with van der Waals surface area (Å²) >= 11 is 4.45. The van der Waals surface area contributed by atoms with Gasteiger partial charge in [0.05, 0.1) is 0 Å². The number of carbonyl (C=O) groups is 1. The molecule has 0 aliphatic rings. The lowest BCUT2D eigenvalue weighted by molar-refractivity contribution is -0.127. The van der Waals surface area contributed by atoms with Crippen LogP contribution in [0, 0.1) is 4.91 Å². The number of halogens is 1. The molecule has 1 amide bonds. The predicted octanol–water partition coefficient (Wildman–Crippen LogP) is 2.72. The van der Waals surface area contributed by atoms with E-state index in [9.17, 15) is 9.70 Å². The van der Waals surface area contributed by atoms with Crippen LogP contribution in [0.2, 0.25) is 0 Å². The van der Waals surface area contributed by atoms with Crippen LogP contribution >= 0.6 is 27.7 Å². The molecule has 1 aromatic rings. The third-order valence-electron chi connectivity index (χ3n) is 1.81. The van der Waals surface area contributed by atoms with Crippen molar-refractivity contribution in [3.05, 3.63) is 33.6 Å². The number of nitrogens with zero attached hydrogens (tertiary/aromatic N) is 2. The Morgan fingerprint density at radius 3 is 2.38 bits per heavy atom.